The molecule has 0 aliphatic heterocycles. The van der Waals surface area contributed by atoms with Gasteiger partial charge in [-0.25, -0.2) is 18.6 Å². The molecule has 1 N–H and O–H groups in total. The maximum atomic E-state index is 12.6. The number of amides is 1. The Bertz CT molecular complexity index is 852. The molecule has 1 unspecified atom stereocenters. The monoisotopic (exact) mass is 398 g/mol. The van der Waals surface area contributed by atoms with Crippen molar-refractivity contribution in [3.05, 3.63) is 71.8 Å². The Morgan fingerprint density at radius 3 is 2.21 bits per heavy atom. The second-order valence-corrected chi connectivity index (χ2v) is 9.14. The van der Waals surface area contributed by atoms with Gasteiger partial charge < -0.3 is 4.74 Å². The van der Waals surface area contributed by atoms with Crippen LogP contribution in [0.2, 0.25) is 0 Å². The highest BCUT2D eigenvalue weighted by atomic mass is 32.2. The van der Waals surface area contributed by atoms with Crippen molar-refractivity contribution in [2.24, 2.45) is 0 Å². The minimum Gasteiger partial charge on any atom is -0.452 e. The lowest BCUT2D eigenvalue weighted by atomic mass is 10.1. The molecule has 2 rings (SSSR count). The smallest absolute Gasteiger partial charge is 0.421 e. The number of ether oxygens (including phenoxy) is 1. The Morgan fingerprint density at radius 1 is 1.11 bits per heavy atom. The van der Waals surface area contributed by atoms with Crippen LogP contribution in [0.1, 0.15) is 37.9 Å². The zero-order chi connectivity index (χ0) is 20.6. The van der Waals surface area contributed by atoms with Gasteiger partial charge in [-0.1, -0.05) is 66.6 Å². The fraction of sp³-hybridized carbons (Fsp3) is 0.318. The van der Waals surface area contributed by atoms with Crippen molar-refractivity contribution in [2.45, 2.75) is 38.1 Å². The summed E-state index contributed by atoms with van der Waals surface area (Å²) in [5, 5.41) is 0. The van der Waals surface area contributed by atoms with Gasteiger partial charge in [0.25, 0.3) is 0 Å². The Labute approximate surface area is 169 Å². The van der Waals surface area contributed by atoms with E-state index in [1.807, 2.05) is 81.4 Å². The lowest BCUT2D eigenvalue weighted by Gasteiger charge is -2.22. The number of hydrogen-bond acceptors (Lipinski definition) is 3. The number of nitrogens with zero attached hydrogens (tertiary/aromatic N) is 1. The summed E-state index contributed by atoms with van der Waals surface area (Å²) in [4.78, 5) is 13.5. The van der Waals surface area contributed by atoms with Crippen LogP contribution in [0.3, 0.4) is 0 Å². The molecule has 0 radical (unpaired) electrons. The fourth-order valence-electron chi connectivity index (χ4n) is 2.28. The molecular formula is C22H26N2O3S. The first-order chi connectivity index (χ1) is 13.3. The van der Waals surface area contributed by atoms with E-state index < -0.39 is 27.9 Å². The number of carbonyl (C=O) groups excluding carboxylic acids is 1. The van der Waals surface area contributed by atoms with E-state index >= 15 is 0 Å². The van der Waals surface area contributed by atoms with Gasteiger partial charge in [0.05, 0.1) is 29.4 Å². The van der Waals surface area contributed by atoms with Crippen molar-refractivity contribution in [1.82, 2.24) is 9.62 Å². The van der Waals surface area contributed by atoms with E-state index in [1.165, 1.54) is 12.0 Å². The maximum Gasteiger partial charge on any atom is 0.421 e. The van der Waals surface area contributed by atoms with Crippen LogP contribution in [0.15, 0.2) is 60.7 Å². The van der Waals surface area contributed by atoms with Gasteiger partial charge in [-0.15, -0.1) is 0 Å². The van der Waals surface area contributed by atoms with Gasteiger partial charge >= 0.3 is 6.09 Å². The third kappa shape index (κ3) is 6.52. The van der Waals surface area contributed by atoms with Crippen molar-refractivity contribution in [3.8, 4) is 12.0 Å². The molecule has 0 saturated carbocycles. The van der Waals surface area contributed by atoms with Crippen molar-refractivity contribution in [1.29, 1.82) is 0 Å². The Hall–Kier alpha value is -2.62. The van der Waals surface area contributed by atoms with E-state index in [-0.39, 0.29) is 0 Å². The minimum atomic E-state index is -1.32. The fourth-order valence-corrected chi connectivity index (χ4v) is 3.04. The van der Waals surface area contributed by atoms with E-state index in [0.29, 0.717) is 6.54 Å². The first kappa shape index (κ1) is 21.7. The van der Waals surface area contributed by atoms with Gasteiger partial charge in [0.2, 0.25) is 0 Å². The number of hydrogen-bond donors (Lipinski definition) is 1. The van der Waals surface area contributed by atoms with Gasteiger partial charge in [-0.3, -0.25) is 0 Å². The molecule has 28 heavy (non-hydrogen) atoms. The average Bonchev–Trinajstić information content (AvgIpc) is 2.69. The summed E-state index contributed by atoms with van der Waals surface area (Å²) in [6.45, 7) is 5.97. The molecule has 0 fully saturated rings. The van der Waals surface area contributed by atoms with Crippen molar-refractivity contribution >= 4 is 17.1 Å². The molecule has 0 heterocycles. The summed E-state index contributed by atoms with van der Waals surface area (Å²) in [7, 11) is 0.00279. The van der Waals surface area contributed by atoms with Crippen molar-refractivity contribution in [3.63, 3.8) is 0 Å². The summed E-state index contributed by atoms with van der Waals surface area (Å²) in [5.41, 5.74) is 1.81. The van der Waals surface area contributed by atoms with E-state index in [0.717, 1.165) is 11.1 Å². The van der Waals surface area contributed by atoms with Crippen molar-refractivity contribution < 1.29 is 13.7 Å². The summed E-state index contributed by atoms with van der Waals surface area (Å²) >= 11 is 0. The summed E-state index contributed by atoms with van der Waals surface area (Å²) < 4.78 is 20.1. The minimum absolute atomic E-state index is 0.296. The van der Waals surface area contributed by atoms with E-state index in [1.54, 1.807) is 0 Å². The van der Waals surface area contributed by atoms with Crippen LogP contribution in [0.4, 0.5) is 4.79 Å². The van der Waals surface area contributed by atoms with Crippen LogP contribution in [-0.2, 0) is 22.3 Å². The molecule has 0 spiro atoms. The lowest BCUT2D eigenvalue weighted by Crippen LogP contribution is -2.35. The first-order valence-corrected chi connectivity index (χ1v) is 10.1. The topological polar surface area (TPSA) is 58.6 Å². The molecule has 0 aromatic heterocycles. The van der Waals surface area contributed by atoms with Crippen molar-refractivity contribution in [2.75, 3.05) is 7.11 Å². The number of benzene rings is 2. The lowest BCUT2D eigenvalue weighted by molar-refractivity contribution is 0.141. The van der Waals surface area contributed by atoms with E-state index in [9.17, 15) is 9.00 Å². The van der Waals surface area contributed by atoms with Gasteiger partial charge in [0, 0.05) is 6.04 Å². The number of methoxy groups -OCH3 is 1. The predicted octanol–water partition coefficient (Wildman–Crippen LogP) is 4.01. The number of carbonyl (C=O) groups is 1. The Morgan fingerprint density at radius 2 is 1.68 bits per heavy atom. The molecule has 0 saturated heterocycles. The molecule has 2 aromatic carbocycles. The molecule has 6 heteroatoms. The van der Waals surface area contributed by atoms with Crippen LogP contribution >= 0.6 is 0 Å². The molecule has 0 bridgehead atoms. The molecule has 5 nitrogen and oxygen atoms in total. The van der Waals surface area contributed by atoms with E-state index in [4.69, 9.17) is 4.74 Å². The summed E-state index contributed by atoms with van der Waals surface area (Å²) in [5.74, 6) is 3.05. The third-order valence-electron chi connectivity index (χ3n) is 3.84. The molecular weight excluding hydrogens is 372 g/mol. The van der Waals surface area contributed by atoms with Gasteiger partial charge in [0.15, 0.2) is 0 Å². The molecule has 0 aliphatic carbocycles. The Balaban J connectivity index is 2.31. The van der Waals surface area contributed by atoms with Gasteiger partial charge in [-0.05, 0) is 31.9 Å². The normalized spacial score (nSPS) is 13.0. The van der Waals surface area contributed by atoms with Crippen LogP contribution in [-0.4, -0.2) is 27.1 Å². The standard InChI is InChI=1S/C22H26N2O3S/c1-22(2,3)28(26)23-20(19-13-9-6-10-14-19)15-16-24(21(25)27-4)17-18-11-7-5-8-12-18/h5-14,20,23H,17H2,1-4H3/t20-,28?/m1/s1. The zero-order valence-corrected chi connectivity index (χ0v) is 17.5. The highest BCUT2D eigenvalue weighted by molar-refractivity contribution is 7.84. The van der Waals surface area contributed by atoms with Crippen LogP contribution in [0.5, 0.6) is 0 Å². The first-order valence-electron chi connectivity index (χ1n) is 8.95. The Kier molecular flexibility index (Phi) is 7.80. The van der Waals surface area contributed by atoms with E-state index in [2.05, 4.69) is 16.7 Å². The summed E-state index contributed by atoms with van der Waals surface area (Å²) in [6, 6.07) is 21.5. The quantitative estimate of drug-likeness (QED) is 0.612. The highest BCUT2D eigenvalue weighted by Gasteiger charge is 2.23. The predicted molar refractivity (Wildman–Crippen MR) is 112 cm³/mol. The molecule has 1 amide bonds. The van der Waals surface area contributed by atoms with Gasteiger partial charge in [-0.2, -0.15) is 0 Å². The van der Waals surface area contributed by atoms with Crippen LogP contribution in [0.25, 0.3) is 0 Å². The molecule has 2 aromatic rings. The largest absolute Gasteiger partial charge is 0.452 e. The summed E-state index contributed by atoms with van der Waals surface area (Å²) in [6.07, 6.45) is -0.542. The molecule has 148 valence electrons. The third-order valence-corrected chi connectivity index (χ3v) is 5.40. The molecule has 0 aliphatic rings. The second kappa shape index (κ2) is 10.1. The SMILES string of the molecule is COC(=O)N(C#C[C@@H](NS(=O)C(C)(C)C)c1ccccc1)Cc1ccccc1. The van der Waals surface area contributed by atoms with Gasteiger partial charge in [0.1, 0.15) is 6.04 Å². The number of nitrogens with one attached hydrogen (secondary N) is 1. The van der Waals surface area contributed by atoms with Crippen LogP contribution in [0, 0.1) is 12.0 Å². The average molecular weight is 399 g/mol. The second-order valence-electron chi connectivity index (χ2n) is 7.14. The zero-order valence-electron chi connectivity index (χ0n) is 16.6. The maximum absolute atomic E-state index is 12.6. The number of rotatable bonds is 5. The molecule has 2 atom stereocenters. The highest BCUT2D eigenvalue weighted by Crippen LogP contribution is 2.17. The van der Waals surface area contributed by atoms with Crippen LogP contribution < -0.4 is 4.72 Å².